The second-order valence-electron chi connectivity index (χ2n) is 3.66. The Bertz CT molecular complexity index is 368. The van der Waals surface area contributed by atoms with Gasteiger partial charge < -0.3 is 9.84 Å². The van der Waals surface area contributed by atoms with Gasteiger partial charge in [0, 0.05) is 6.61 Å². The van der Waals surface area contributed by atoms with Crippen LogP contribution < -0.4 is 5.48 Å². The molecule has 0 unspecified atom stereocenters. The van der Waals surface area contributed by atoms with Gasteiger partial charge in [0.1, 0.15) is 0 Å². The summed E-state index contributed by atoms with van der Waals surface area (Å²) in [5.74, 6) is 0. The fourth-order valence-electron chi connectivity index (χ4n) is 1.60. The van der Waals surface area contributed by atoms with Gasteiger partial charge in [-0.05, 0) is 30.9 Å². The van der Waals surface area contributed by atoms with E-state index in [9.17, 15) is 4.79 Å². The number of rotatable bonds is 7. The molecule has 0 aliphatic rings. The third-order valence-corrected chi connectivity index (χ3v) is 2.40. The topological polar surface area (TPSA) is 67.8 Å². The SMILES string of the molecule is CCOC(=O)NOCCc1ccccc1CCO. The van der Waals surface area contributed by atoms with E-state index in [1.54, 1.807) is 6.92 Å². The standard InChI is InChI=1S/C13H19NO4/c1-2-17-13(16)14-18-10-8-12-6-4-3-5-11(12)7-9-15/h3-6,15H,2,7-10H2,1H3,(H,14,16). The number of aliphatic hydroxyl groups is 1. The Balaban J connectivity index is 2.32. The summed E-state index contributed by atoms with van der Waals surface area (Å²) >= 11 is 0. The molecule has 1 aromatic rings. The summed E-state index contributed by atoms with van der Waals surface area (Å²) in [6.07, 6.45) is 0.713. The van der Waals surface area contributed by atoms with E-state index >= 15 is 0 Å². The third kappa shape index (κ3) is 5.16. The van der Waals surface area contributed by atoms with E-state index in [1.807, 2.05) is 24.3 Å². The Morgan fingerprint density at radius 1 is 1.28 bits per heavy atom. The van der Waals surface area contributed by atoms with Crippen molar-refractivity contribution < 1.29 is 19.5 Å². The molecule has 1 amide bonds. The number of nitrogens with one attached hydrogen (secondary N) is 1. The molecule has 0 aliphatic carbocycles. The second kappa shape index (κ2) is 8.49. The molecule has 0 atom stereocenters. The fourth-order valence-corrected chi connectivity index (χ4v) is 1.60. The molecule has 0 spiro atoms. The van der Waals surface area contributed by atoms with Gasteiger partial charge in [0.15, 0.2) is 0 Å². The van der Waals surface area contributed by atoms with Crippen molar-refractivity contribution in [3.05, 3.63) is 35.4 Å². The minimum atomic E-state index is -0.582. The Morgan fingerprint density at radius 3 is 2.56 bits per heavy atom. The summed E-state index contributed by atoms with van der Waals surface area (Å²) in [5, 5.41) is 8.94. The Kier molecular flexibility index (Phi) is 6.83. The van der Waals surface area contributed by atoms with Crippen molar-refractivity contribution >= 4 is 6.09 Å². The minimum Gasteiger partial charge on any atom is -0.448 e. The highest BCUT2D eigenvalue weighted by Gasteiger charge is 2.03. The highest BCUT2D eigenvalue weighted by atomic mass is 16.7. The molecule has 5 heteroatoms. The molecule has 100 valence electrons. The van der Waals surface area contributed by atoms with Crippen molar-refractivity contribution in [1.82, 2.24) is 5.48 Å². The molecule has 0 saturated carbocycles. The Morgan fingerprint density at radius 2 is 1.94 bits per heavy atom. The van der Waals surface area contributed by atoms with Gasteiger partial charge in [-0.3, -0.25) is 4.84 Å². The maximum atomic E-state index is 10.9. The zero-order valence-corrected chi connectivity index (χ0v) is 10.5. The molecular weight excluding hydrogens is 234 g/mol. The lowest BCUT2D eigenvalue weighted by Crippen LogP contribution is -2.25. The maximum Gasteiger partial charge on any atom is 0.431 e. The first kappa shape index (κ1) is 14.5. The summed E-state index contributed by atoms with van der Waals surface area (Å²) in [6, 6.07) is 7.84. The zero-order chi connectivity index (χ0) is 13.2. The van der Waals surface area contributed by atoms with Crippen LogP contribution in [0.15, 0.2) is 24.3 Å². The summed E-state index contributed by atoms with van der Waals surface area (Å²) < 4.78 is 4.65. The molecule has 0 saturated heterocycles. The van der Waals surface area contributed by atoms with Crippen LogP contribution in [0.5, 0.6) is 0 Å². The molecule has 5 nitrogen and oxygen atoms in total. The second-order valence-corrected chi connectivity index (χ2v) is 3.66. The fraction of sp³-hybridized carbons (Fsp3) is 0.462. The molecule has 0 aromatic heterocycles. The van der Waals surface area contributed by atoms with E-state index in [1.165, 1.54) is 0 Å². The summed E-state index contributed by atoms with van der Waals surface area (Å²) in [7, 11) is 0. The van der Waals surface area contributed by atoms with Crippen molar-refractivity contribution in [2.45, 2.75) is 19.8 Å². The van der Waals surface area contributed by atoms with Crippen molar-refractivity contribution in [3.8, 4) is 0 Å². The first-order valence-electron chi connectivity index (χ1n) is 6.00. The van der Waals surface area contributed by atoms with Gasteiger partial charge in [0.2, 0.25) is 0 Å². The molecule has 0 heterocycles. The number of hydroxylamine groups is 1. The Labute approximate surface area is 107 Å². The average molecular weight is 253 g/mol. The van der Waals surface area contributed by atoms with Gasteiger partial charge in [-0.2, -0.15) is 5.48 Å². The molecule has 1 rings (SSSR count). The van der Waals surface area contributed by atoms with Crippen LogP contribution in [-0.2, 0) is 22.4 Å². The van der Waals surface area contributed by atoms with Crippen LogP contribution in [0.25, 0.3) is 0 Å². The quantitative estimate of drug-likeness (QED) is 0.570. The molecule has 1 aromatic carbocycles. The Hall–Kier alpha value is -1.59. The summed E-state index contributed by atoms with van der Waals surface area (Å²) in [4.78, 5) is 15.9. The lowest BCUT2D eigenvalue weighted by Gasteiger charge is -2.09. The van der Waals surface area contributed by atoms with Gasteiger partial charge in [0.05, 0.1) is 13.2 Å². The number of amides is 1. The minimum absolute atomic E-state index is 0.124. The predicted octanol–water partition coefficient (Wildman–Crippen LogP) is 1.44. The number of hydrogen-bond acceptors (Lipinski definition) is 4. The van der Waals surface area contributed by atoms with Crippen LogP contribution in [0.1, 0.15) is 18.1 Å². The molecule has 0 aliphatic heterocycles. The first-order valence-corrected chi connectivity index (χ1v) is 6.00. The van der Waals surface area contributed by atoms with E-state index in [0.29, 0.717) is 26.1 Å². The highest BCUT2D eigenvalue weighted by Crippen LogP contribution is 2.10. The molecule has 2 N–H and O–H groups in total. The van der Waals surface area contributed by atoms with Crippen LogP contribution in [0.4, 0.5) is 4.79 Å². The van der Waals surface area contributed by atoms with Crippen LogP contribution in [0, 0.1) is 0 Å². The summed E-state index contributed by atoms with van der Waals surface area (Å²) in [5.41, 5.74) is 4.40. The lowest BCUT2D eigenvalue weighted by atomic mass is 10.0. The van der Waals surface area contributed by atoms with Gasteiger partial charge >= 0.3 is 6.09 Å². The molecule has 0 fully saturated rings. The number of carbonyl (C=O) groups is 1. The average Bonchev–Trinajstić information content (AvgIpc) is 2.37. The number of aliphatic hydroxyl groups excluding tert-OH is 1. The zero-order valence-electron chi connectivity index (χ0n) is 10.5. The van der Waals surface area contributed by atoms with Gasteiger partial charge in [0.25, 0.3) is 0 Å². The number of carbonyl (C=O) groups excluding carboxylic acids is 1. The van der Waals surface area contributed by atoms with E-state index in [4.69, 9.17) is 9.94 Å². The molecular formula is C13H19NO4. The van der Waals surface area contributed by atoms with Crippen LogP contribution in [0.3, 0.4) is 0 Å². The lowest BCUT2D eigenvalue weighted by molar-refractivity contribution is 0.0309. The van der Waals surface area contributed by atoms with Gasteiger partial charge in [-0.25, -0.2) is 4.79 Å². The first-order chi connectivity index (χ1) is 8.77. The largest absolute Gasteiger partial charge is 0.448 e. The number of ether oxygens (including phenoxy) is 1. The maximum absolute atomic E-state index is 10.9. The molecule has 18 heavy (non-hydrogen) atoms. The van der Waals surface area contributed by atoms with Crippen molar-refractivity contribution in [2.75, 3.05) is 19.8 Å². The summed E-state index contributed by atoms with van der Waals surface area (Å²) in [6.45, 7) is 2.53. The molecule has 0 radical (unpaired) electrons. The van der Waals surface area contributed by atoms with E-state index in [-0.39, 0.29) is 6.61 Å². The van der Waals surface area contributed by atoms with Gasteiger partial charge in [-0.15, -0.1) is 0 Å². The van der Waals surface area contributed by atoms with Crippen LogP contribution in [0.2, 0.25) is 0 Å². The van der Waals surface area contributed by atoms with Crippen molar-refractivity contribution in [2.24, 2.45) is 0 Å². The third-order valence-electron chi connectivity index (χ3n) is 2.40. The monoisotopic (exact) mass is 253 g/mol. The number of benzene rings is 1. The van der Waals surface area contributed by atoms with E-state index < -0.39 is 6.09 Å². The highest BCUT2D eigenvalue weighted by molar-refractivity contribution is 5.65. The van der Waals surface area contributed by atoms with E-state index in [2.05, 4.69) is 10.2 Å². The van der Waals surface area contributed by atoms with Crippen LogP contribution in [-0.4, -0.2) is 31.0 Å². The van der Waals surface area contributed by atoms with Crippen molar-refractivity contribution in [3.63, 3.8) is 0 Å². The smallest absolute Gasteiger partial charge is 0.431 e. The van der Waals surface area contributed by atoms with Crippen LogP contribution >= 0.6 is 0 Å². The van der Waals surface area contributed by atoms with E-state index in [0.717, 1.165) is 11.1 Å². The normalized spacial score (nSPS) is 10.1. The van der Waals surface area contributed by atoms with Crippen molar-refractivity contribution in [1.29, 1.82) is 0 Å². The number of hydrogen-bond donors (Lipinski definition) is 2. The predicted molar refractivity (Wildman–Crippen MR) is 67.0 cm³/mol. The van der Waals surface area contributed by atoms with Gasteiger partial charge in [-0.1, -0.05) is 24.3 Å². The molecule has 0 bridgehead atoms.